The third-order valence-corrected chi connectivity index (χ3v) is 5.12. The highest BCUT2D eigenvalue weighted by Crippen LogP contribution is 2.22. The number of piperidine rings is 1. The lowest BCUT2D eigenvalue weighted by Gasteiger charge is -2.32. The summed E-state index contributed by atoms with van der Waals surface area (Å²) in [6.45, 7) is 2.95. The van der Waals surface area contributed by atoms with E-state index in [1.165, 1.54) is 11.6 Å². The number of carbonyl (C=O) groups excluding carboxylic acids is 1. The molecule has 3 rings (SSSR count). The van der Waals surface area contributed by atoms with Gasteiger partial charge in [0.1, 0.15) is 0 Å². The summed E-state index contributed by atoms with van der Waals surface area (Å²) in [7, 11) is 0. The molecule has 3 nitrogen and oxygen atoms in total. The van der Waals surface area contributed by atoms with E-state index in [-0.39, 0.29) is 11.9 Å². The molecule has 1 aliphatic rings. The Hall–Kier alpha value is -1.81. The number of rotatable bonds is 5. The first-order chi connectivity index (χ1) is 12.6. The van der Waals surface area contributed by atoms with Gasteiger partial charge in [0.2, 0.25) is 5.91 Å². The molecular weight excluding hydrogens is 367 g/mol. The summed E-state index contributed by atoms with van der Waals surface area (Å²) in [6.07, 6.45) is 5.19. The van der Waals surface area contributed by atoms with Crippen LogP contribution in [0, 0.1) is 0 Å². The summed E-state index contributed by atoms with van der Waals surface area (Å²) >= 11 is 12.0. The normalized spacial score (nSPS) is 16.1. The Morgan fingerprint density at radius 2 is 1.85 bits per heavy atom. The smallest absolute Gasteiger partial charge is 0.244 e. The third kappa shape index (κ3) is 5.60. The van der Waals surface area contributed by atoms with Crippen molar-refractivity contribution in [1.29, 1.82) is 0 Å². The topological polar surface area (TPSA) is 32.3 Å². The van der Waals surface area contributed by atoms with E-state index in [9.17, 15) is 4.79 Å². The van der Waals surface area contributed by atoms with Gasteiger partial charge in [-0.2, -0.15) is 0 Å². The highest BCUT2D eigenvalue weighted by Gasteiger charge is 2.20. The molecule has 0 unspecified atom stereocenters. The summed E-state index contributed by atoms with van der Waals surface area (Å²) in [4.78, 5) is 14.6. The summed E-state index contributed by atoms with van der Waals surface area (Å²) in [5, 5.41) is 4.20. The third-order valence-electron chi connectivity index (χ3n) is 4.56. The van der Waals surface area contributed by atoms with Gasteiger partial charge in [-0.3, -0.25) is 9.69 Å². The minimum Gasteiger partial charge on any atom is -0.350 e. The van der Waals surface area contributed by atoms with Crippen molar-refractivity contribution in [3.63, 3.8) is 0 Å². The van der Waals surface area contributed by atoms with Gasteiger partial charge >= 0.3 is 0 Å². The van der Waals surface area contributed by atoms with Crippen LogP contribution in [0.2, 0.25) is 10.0 Å². The van der Waals surface area contributed by atoms with Crippen molar-refractivity contribution in [3.8, 4) is 0 Å². The number of nitrogens with zero attached hydrogens (tertiary/aromatic N) is 1. The van der Waals surface area contributed by atoms with Crippen molar-refractivity contribution in [2.75, 3.05) is 13.1 Å². The Labute approximate surface area is 164 Å². The molecule has 1 N–H and O–H groups in total. The van der Waals surface area contributed by atoms with E-state index in [0.29, 0.717) is 10.0 Å². The van der Waals surface area contributed by atoms with Crippen molar-refractivity contribution in [2.24, 2.45) is 0 Å². The van der Waals surface area contributed by atoms with Gasteiger partial charge in [0.15, 0.2) is 0 Å². The molecule has 2 aromatic rings. The highest BCUT2D eigenvalue weighted by atomic mass is 35.5. The predicted molar refractivity (Wildman–Crippen MR) is 108 cm³/mol. The molecule has 1 heterocycles. The van der Waals surface area contributed by atoms with Gasteiger partial charge in [-0.05, 0) is 42.2 Å². The second-order valence-corrected chi connectivity index (χ2v) is 7.39. The van der Waals surface area contributed by atoms with E-state index in [2.05, 4.69) is 34.5 Å². The average molecular weight is 389 g/mol. The molecule has 0 atom stereocenters. The molecule has 0 aromatic heterocycles. The number of carbonyl (C=O) groups is 1. The van der Waals surface area contributed by atoms with E-state index < -0.39 is 0 Å². The number of nitrogens with one attached hydrogen (secondary N) is 1. The first-order valence-corrected chi connectivity index (χ1v) is 9.55. The van der Waals surface area contributed by atoms with Gasteiger partial charge < -0.3 is 5.32 Å². The maximum atomic E-state index is 12.2. The minimum atomic E-state index is -0.0856. The monoisotopic (exact) mass is 388 g/mol. The van der Waals surface area contributed by atoms with Crippen molar-refractivity contribution < 1.29 is 4.79 Å². The van der Waals surface area contributed by atoms with Crippen molar-refractivity contribution in [2.45, 2.75) is 25.4 Å². The van der Waals surface area contributed by atoms with Gasteiger partial charge in [-0.25, -0.2) is 0 Å². The van der Waals surface area contributed by atoms with E-state index in [1.807, 2.05) is 6.07 Å². The van der Waals surface area contributed by atoms with E-state index >= 15 is 0 Å². The number of hydrogen-bond acceptors (Lipinski definition) is 2. The van der Waals surface area contributed by atoms with Crippen molar-refractivity contribution in [1.82, 2.24) is 10.2 Å². The molecule has 0 radical (unpaired) electrons. The van der Waals surface area contributed by atoms with Gasteiger partial charge in [0.25, 0.3) is 0 Å². The molecule has 26 heavy (non-hydrogen) atoms. The summed E-state index contributed by atoms with van der Waals surface area (Å²) in [6, 6.07) is 15.9. The second kappa shape index (κ2) is 9.22. The molecule has 1 amide bonds. The van der Waals surface area contributed by atoms with Crippen LogP contribution in [0.4, 0.5) is 0 Å². The summed E-state index contributed by atoms with van der Waals surface area (Å²) < 4.78 is 0. The fourth-order valence-corrected chi connectivity index (χ4v) is 3.60. The lowest BCUT2D eigenvalue weighted by atomic mass is 10.0. The Balaban J connectivity index is 1.45. The van der Waals surface area contributed by atoms with Crippen LogP contribution in [0.15, 0.2) is 54.6 Å². The van der Waals surface area contributed by atoms with Crippen molar-refractivity contribution >= 4 is 35.2 Å². The number of amides is 1. The zero-order valence-corrected chi connectivity index (χ0v) is 16.0. The molecule has 1 fully saturated rings. The lowest BCUT2D eigenvalue weighted by molar-refractivity contribution is -0.117. The van der Waals surface area contributed by atoms with E-state index in [0.717, 1.165) is 38.0 Å². The van der Waals surface area contributed by atoms with Crippen molar-refractivity contribution in [3.05, 3.63) is 75.8 Å². The van der Waals surface area contributed by atoms with Crippen LogP contribution in [0.3, 0.4) is 0 Å². The number of halogens is 2. The maximum Gasteiger partial charge on any atom is 0.244 e. The molecule has 136 valence electrons. The van der Waals surface area contributed by atoms with Crippen LogP contribution in [0.5, 0.6) is 0 Å². The molecule has 0 bridgehead atoms. The van der Waals surface area contributed by atoms with Gasteiger partial charge in [-0.1, -0.05) is 59.6 Å². The number of benzene rings is 2. The number of hydrogen-bond donors (Lipinski definition) is 1. The lowest BCUT2D eigenvalue weighted by Crippen LogP contribution is -2.43. The van der Waals surface area contributed by atoms with Crippen LogP contribution >= 0.6 is 23.2 Å². The Morgan fingerprint density at radius 3 is 2.54 bits per heavy atom. The van der Waals surface area contributed by atoms with Crippen LogP contribution in [-0.2, 0) is 11.3 Å². The molecule has 1 saturated heterocycles. The van der Waals surface area contributed by atoms with Crippen LogP contribution in [-0.4, -0.2) is 29.9 Å². The molecule has 0 aliphatic carbocycles. The Morgan fingerprint density at radius 1 is 1.12 bits per heavy atom. The van der Waals surface area contributed by atoms with Crippen LogP contribution in [0.25, 0.3) is 6.08 Å². The molecule has 2 aromatic carbocycles. The Bertz CT molecular complexity index is 769. The van der Waals surface area contributed by atoms with Gasteiger partial charge in [-0.15, -0.1) is 0 Å². The second-order valence-electron chi connectivity index (χ2n) is 6.54. The highest BCUT2D eigenvalue weighted by molar-refractivity contribution is 6.35. The first kappa shape index (κ1) is 19.0. The summed E-state index contributed by atoms with van der Waals surface area (Å²) in [5.41, 5.74) is 2.11. The Kier molecular flexibility index (Phi) is 6.73. The first-order valence-electron chi connectivity index (χ1n) is 8.80. The molecular formula is C21H22Cl2N2O. The zero-order valence-electron chi connectivity index (χ0n) is 14.5. The summed E-state index contributed by atoms with van der Waals surface area (Å²) in [5.74, 6) is -0.0856. The zero-order chi connectivity index (χ0) is 18.4. The average Bonchev–Trinajstić information content (AvgIpc) is 2.63. The van der Waals surface area contributed by atoms with E-state index in [4.69, 9.17) is 23.2 Å². The molecule has 0 saturated carbocycles. The minimum absolute atomic E-state index is 0.0856. The molecule has 5 heteroatoms. The SMILES string of the molecule is O=C(/C=C/c1ccc(Cl)cc1Cl)NC1CCN(Cc2ccccc2)CC1. The number of likely N-dealkylation sites (tertiary alicyclic amines) is 1. The predicted octanol–water partition coefficient (Wildman–Crippen LogP) is 4.79. The standard InChI is InChI=1S/C21H22Cl2N2O/c22-18-8-6-17(20(23)14-18)7-9-21(26)24-19-10-12-25(13-11-19)15-16-4-2-1-3-5-16/h1-9,14,19H,10-13,15H2,(H,24,26)/b9-7+. The molecule has 1 aliphatic heterocycles. The van der Waals surface area contributed by atoms with Crippen LogP contribution < -0.4 is 5.32 Å². The maximum absolute atomic E-state index is 12.2. The van der Waals surface area contributed by atoms with Gasteiger partial charge in [0, 0.05) is 41.8 Å². The van der Waals surface area contributed by atoms with Crippen LogP contribution in [0.1, 0.15) is 24.0 Å². The quantitative estimate of drug-likeness (QED) is 0.746. The fourth-order valence-electron chi connectivity index (χ4n) is 3.13. The van der Waals surface area contributed by atoms with Gasteiger partial charge in [0.05, 0.1) is 0 Å². The van der Waals surface area contributed by atoms with E-state index in [1.54, 1.807) is 24.3 Å². The molecule has 0 spiro atoms. The largest absolute Gasteiger partial charge is 0.350 e. The fraction of sp³-hybridized carbons (Fsp3) is 0.286.